The molecule has 3 aliphatic rings. The molecule has 0 saturated carbocycles. The van der Waals surface area contributed by atoms with Crippen LogP contribution in [0.25, 0.3) is 0 Å². The average Bonchev–Trinajstić information content (AvgIpc) is 2.70. The van der Waals surface area contributed by atoms with Crippen LogP contribution in [0.1, 0.15) is 134 Å². The lowest BCUT2D eigenvalue weighted by molar-refractivity contribution is 0.182. The van der Waals surface area contributed by atoms with E-state index in [0.717, 1.165) is 12.8 Å². The van der Waals surface area contributed by atoms with Gasteiger partial charge in [0.1, 0.15) is 0 Å². The average molecular weight is 544 g/mol. The molecule has 0 atom stereocenters. The van der Waals surface area contributed by atoms with Gasteiger partial charge in [0, 0.05) is 44.5 Å². The SMILES string of the molecule is CC1(C)CC([SiH]=O)CC(C)(C)N1c1ccccc1.CC1(C)CCCC(C)(C)N1.CC1(C)CCCC(C)(C)N1. The number of piperidine rings is 3. The van der Waals surface area contributed by atoms with E-state index in [-0.39, 0.29) is 11.1 Å². The summed E-state index contributed by atoms with van der Waals surface area (Å²) in [5.74, 6) is 0. The van der Waals surface area contributed by atoms with E-state index in [0.29, 0.717) is 27.7 Å². The maximum absolute atomic E-state index is 11.4. The fraction of sp³-hybridized carbons (Fsp3) is 0.818. The number of para-hydroxylation sites is 1. The van der Waals surface area contributed by atoms with Gasteiger partial charge in [-0.15, -0.1) is 0 Å². The number of rotatable bonds is 2. The number of nitrogens with one attached hydrogen (secondary N) is 2. The van der Waals surface area contributed by atoms with Crippen molar-refractivity contribution in [3.63, 3.8) is 0 Å². The Morgan fingerprint density at radius 2 is 0.974 bits per heavy atom. The molecule has 0 spiro atoms. The van der Waals surface area contributed by atoms with Gasteiger partial charge in [-0.3, -0.25) is 0 Å². The Balaban J connectivity index is 0.000000216. The first-order chi connectivity index (χ1) is 17.2. The largest absolute Gasteiger partial charge is 0.392 e. The summed E-state index contributed by atoms with van der Waals surface area (Å²) in [4.78, 5) is 2.51. The maximum atomic E-state index is 11.4. The molecule has 3 saturated heterocycles. The van der Waals surface area contributed by atoms with Gasteiger partial charge in [-0.25, -0.2) is 0 Å². The molecule has 218 valence electrons. The van der Waals surface area contributed by atoms with E-state index < -0.39 is 9.41 Å². The molecule has 1 aromatic carbocycles. The third kappa shape index (κ3) is 10.2. The van der Waals surface area contributed by atoms with E-state index in [1.54, 1.807) is 0 Å². The molecule has 2 N–H and O–H groups in total. The van der Waals surface area contributed by atoms with Crippen LogP contribution in [0.5, 0.6) is 0 Å². The molecule has 38 heavy (non-hydrogen) atoms. The van der Waals surface area contributed by atoms with Crippen LogP contribution in [0, 0.1) is 0 Å². The summed E-state index contributed by atoms with van der Waals surface area (Å²) in [5.41, 5.74) is 3.23. The first-order valence-electron chi connectivity index (χ1n) is 15.1. The van der Waals surface area contributed by atoms with Crippen molar-refractivity contribution in [3.05, 3.63) is 30.3 Å². The minimum absolute atomic E-state index is 0.0607. The Morgan fingerprint density at radius 1 is 0.632 bits per heavy atom. The third-order valence-electron chi connectivity index (χ3n) is 8.50. The predicted octanol–water partition coefficient (Wildman–Crippen LogP) is 8.05. The van der Waals surface area contributed by atoms with Crippen molar-refractivity contribution < 1.29 is 4.46 Å². The Morgan fingerprint density at radius 3 is 1.24 bits per heavy atom. The number of hydrogen-bond acceptors (Lipinski definition) is 4. The molecule has 0 aromatic heterocycles. The van der Waals surface area contributed by atoms with Gasteiger partial charge in [0.25, 0.3) is 9.41 Å². The maximum Gasteiger partial charge on any atom is 0.264 e. The molecule has 3 fully saturated rings. The molecular formula is C33H61N3OSi. The highest BCUT2D eigenvalue weighted by atomic mass is 28.2. The summed E-state index contributed by atoms with van der Waals surface area (Å²) in [6.07, 6.45) is 10.0. The minimum Gasteiger partial charge on any atom is -0.392 e. The van der Waals surface area contributed by atoms with E-state index in [1.165, 1.54) is 44.2 Å². The monoisotopic (exact) mass is 543 g/mol. The molecule has 0 amide bonds. The summed E-state index contributed by atoms with van der Waals surface area (Å²) in [5, 5.41) is 7.26. The molecule has 3 heterocycles. The number of hydrogen-bond donors (Lipinski definition) is 2. The Hall–Kier alpha value is -1.04. The van der Waals surface area contributed by atoms with Crippen LogP contribution in [0.3, 0.4) is 0 Å². The lowest BCUT2D eigenvalue weighted by atomic mass is 9.79. The van der Waals surface area contributed by atoms with Gasteiger partial charge in [0.2, 0.25) is 0 Å². The van der Waals surface area contributed by atoms with E-state index in [1.807, 2.05) is 0 Å². The lowest BCUT2D eigenvalue weighted by Crippen LogP contribution is -2.60. The molecule has 5 heteroatoms. The van der Waals surface area contributed by atoms with Crippen molar-refractivity contribution in [2.45, 2.75) is 173 Å². The quantitative estimate of drug-likeness (QED) is 0.370. The highest BCUT2D eigenvalue weighted by Gasteiger charge is 2.45. The van der Waals surface area contributed by atoms with Gasteiger partial charge in [0.15, 0.2) is 0 Å². The highest BCUT2D eigenvalue weighted by Crippen LogP contribution is 2.45. The van der Waals surface area contributed by atoms with Gasteiger partial charge < -0.3 is 20.0 Å². The zero-order valence-corrected chi connectivity index (χ0v) is 28.2. The predicted molar refractivity (Wildman–Crippen MR) is 168 cm³/mol. The molecule has 4 rings (SSSR count). The fourth-order valence-corrected chi connectivity index (χ4v) is 9.10. The zero-order valence-electron chi connectivity index (χ0n) is 27.1. The van der Waals surface area contributed by atoms with Gasteiger partial charge >= 0.3 is 0 Å². The number of benzene rings is 1. The second-order valence-corrected chi connectivity index (χ2v) is 17.3. The van der Waals surface area contributed by atoms with E-state index in [9.17, 15) is 4.46 Å². The van der Waals surface area contributed by atoms with Crippen LogP contribution in [-0.2, 0) is 4.46 Å². The summed E-state index contributed by atoms with van der Waals surface area (Å²) in [6.45, 7) is 27.4. The van der Waals surface area contributed by atoms with Gasteiger partial charge in [0.05, 0.1) is 0 Å². The van der Waals surface area contributed by atoms with Crippen molar-refractivity contribution >= 4 is 15.1 Å². The van der Waals surface area contributed by atoms with Crippen molar-refractivity contribution in [1.82, 2.24) is 10.6 Å². The molecule has 4 nitrogen and oxygen atoms in total. The fourth-order valence-electron chi connectivity index (χ4n) is 7.76. The minimum atomic E-state index is -0.669. The summed E-state index contributed by atoms with van der Waals surface area (Å²) in [6, 6.07) is 10.6. The first-order valence-corrected chi connectivity index (χ1v) is 16.2. The van der Waals surface area contributed by atoms with Crippen molar-refractivity contribution in [2.75, 3.05) is 4.90 Å². The molecule has 0 aliphatic carbocycles. The second kappa shape index (κ2) is 12.2. The first kappa shape index (κ1) is 33.2. The number of nitrogens with zero attached hydrogens (tertiary/aromatic N) is 1. The van der Waals surface area contributed by atoms with Crippen molar-refractivity contribution in [1.29, 1.82) is 0 Å². The second-order valence-electron chi connectivity index (χ2n) is 16.1. The van der Waals surface area contributed by atoms with Crippen LogP contribution in [0.4, 0.5) is 5.69 Å². The Labute approximate surface area is 238 Å². The molecule has 0 bridgehead atoms. The normalized spacial score (nSPS) is 26.6. The smallest absolute Gasteiger partial charge is 0.264 e. The van der Waals surface area contributed by atoms with E-state index in [4.69, 9.17) is 0 Å². The van der Waals surface area contributed by atoms with Gasteiger partial charge in [-0.1, -0.05) is 18.2 Å². The standard InChI is InChI=1S/C15H23NOSi.2C9H19N/c1-14(2)10-13(18-17)11-15(3,4)16(14)12-8-6-5-7-9-12;2*1-8(2)6-5-7-9(3,4)10-8/h5-9,13,18H,10-11H2,1-4H3;2*10H,5-7H2,1-4H3. The lowest BCUT2D eigenvalue weighted by Gasteiger charge is -2.56. The van der Waals surface area contributed by atoms with Crippen LogP contribution in [0.2, 0.25) is 5.54 Å². The molecule has 0 radical (unpaired) electrons. The Kier molecular flexibility index (Phi) is 10.7. The highest BCUT2D eigenvalue weighted by molar-refractivity contribution is 6.19. The van der Waals surface area contributed by atoms with Crippen LogP contribution in [-0.4, -0.2) is 42.6 Å². The molecule has 1 aromatic rings. The van der Waals surface area contributed by atoms with Crippen molar-refractivity contribution in [2.24, 2.45) is 0 Å². The number of anilines is 1. The van der Waals surface area contributed by atoms with Crippen LogP contribution >= 0.6 is 0 Å². The molecule has 3 aliphatic heterocycles. The van der Waals surface area contributed by atoms with Crippen molar-refractivity contribution in [3.8, 4) is 0 Å². The van der Waals surface area contributed by atoms with Gasteiger partial charge in [-0.05, 0) is 147 Å². The summed E-state index contributed by atoms with van der Waals surface area (Å²) in [7, 11) is -0.669. The Bertz CT molecular complexity index is 811. The van der Waals surface area contributed by atoms with E-state index >= 15 is 0 Å². The molecule has 0 unspecified atom stereocenters. The third-order valence-corrected chi connectivity index (χ3v) is 9.36. The summed E-state index contributed by atoms with van der Waals surface area (Å²) >= 11 is 0. The molecular weight excluding hydrogens is 482 g/mol. The van der Waals surface area contributed by atoms with E-state index in [2.05, 4.69) is 129 Å². The zero-order chi connectivity index (χ0) is 29.0. The van der Waals surface area contributed by atoms with Crippen LogP contribution in [0.15, 0.2) is 30.3 Å². The topological polar surface area (TPSA) is 44.4 Å². The van der Waals surface area contributed by atoms with Crippen LogP contribution < -0.4 is 15.5 Å². The summed E-state index contributed by atoms with van der Waals surface area (Å²) < 4.78 is 11.4. The van der Waals surface area contributed by atoms with Gasteiger partial charge in [-0.2, -0.15) is 0 Å².